The van der Waals surface area contributed by atoms with Gasteiger partial charge in [-0.3, -0.25) is 0 Å². The van der Waals surface area contributed by atoms with Crippen LogP contribution < -0.4 is 10.5 Å². The minimum atomic E-state index is -3.66. The molecular formula is C14H15N5O3S. The quantitative estimate of drug-likeness (QED) is 0.719. The SMILES string of the molecule is Cc1noc2ncnc(NCCc3ccc(S(N)(=O)=O)cc3)c12. The molecule has 0 spiro atoms. The van der Waals surface area contributed by atoms with Gasteiger partial charge in [0.05, 0.1) is 10.6 Å². The number of nitrogens with zero attached hydrogens (tertiary/aromatic N) is 3. The van der Waals surface area contributed by atoms with Crippen LogP contribution in [0, 0.1) is 6.92 Å². The number of primary sulfonamides is 1. The fourth-order valence-corrected chi connectivity index (χ4v) is 2.74. The molecule has 3 rings (SSSR count). The van der Waals surface area contributed by atoms with Crippen LogP contribution in [-0.2, 0) is 16.4 Å². The number of nitrogens with two attached hydrogens (primary N) is 1. The van der Waals surface area contributed by atoms with Crippen molar-refractivity contribution < 1.29 is 12.9 Å². The molecule has 1 aromatic carbocycles. The molecule has 0 saturated heterocycles. The van der Waals surface area contributed by atoms with Gasteiger partial charge in [0.1, 0.15) is 17.5 Å². The summed E-state index contributed by atoms with van der Waals surface area (Å²) in [7, 11) is -3.66. The largest absolute Gasteiger partial charge is 0.369 e. The van der Waals surface area contributed by atoms with E-state index in [1.54, 1.807) is 12.1 Å². The lowest BCUT2D eigenvalue weighted by atomic mass is 10.1. The average molecular weight is 333 g/mol. The van der Waals surface area contributed by atoms with E-state index < -0.39 is 10.0 Å². The Kier molecular flexibility index (Phi) is 3.97. The predicted octanol–water partition coefficient (Wildman–Crippen LogP) is 1.23. The Labute approximate surface area is 132 Å². The van der Waals surface area contributed by atoms with E-state index in [1.165, 1.54) is 18.5 Å². The molecule has 2 heterocycles. The van der Waals surface area contributed by atoms with E-state index >= 15 is 0 Å². The van der Waals surface area contributed by atoms with Crippen LogP contribution in [0.15, 0.2) is 40.0 Å². The third kappa shape index (κ3) is 3.30. The third-order valence-corrected chi connectivity index (χ3v) is 4.33. The second-order valence-electron chi connectivity index (χ2n) is 5.04. The highest BCUT2D eigenvalue weighted by Crippen LogP contribution is 2.22. The lowest BCUT2D eigenvalue weighted by molar-refractivity contribution is 0.442. The van der Waals surface area contributed by atoms with Crippen molar-refractivity contribution >= 4 is 26.9 Å². The van der Waals surface area contributed by atoms with E-state index in [2.05, 4.69) is 20.4 Å². The molecule has 0 amide bonds. The zero-order valence-electron chi connectivity index (χ0n) is 12.4. The second-order valence-corrected chi connectivity index (χ2v) is 6.60. The van der Waals surface area contributed by atoms with E-state index in [1.807, 2.05) is 6.92 Å². The molecule has 120 valence electrons. The van der Waals surface area contributed by atoms with Crippen LogP contribution in [0.25, 0.3) is 11.1 Å². The van der Waals surface area contributed by atoms with Crippen molar-refractivity contribution in [2.75, 3.05) is 11.9 Å². The molecule has 0 saturated carbocycles. The highest BCUT2D eigenvalue weighted by Gasteiger charge is 2.11. The molecule has 2 aromatic heterocycles. The lowest BCUT2D eigenvalue weighted by Crippen LogP contribution is -2.12. The number of hydrogen-bond donors (Lipinski definition) is 2. The molecule has 0 fully saturated rings. The molecule has 9 heteroatoms. The summed E-state index contributed by atoms with van der Waals surface area (Å²) in [4.78, 5) is 8.32. The van der Waals surface area contributed by atoms with E-state index in [9.17, 15) is 8.42 Å². The summed E-state index contributed by atoms with van der Waals surface area (Å²) in [6.07, 6.45) is 2.11. The van der Waals surface area contributed by atoms with Crippen molar-refractivity contribution in [2.45, 2.75) is 18.2 Å². The molecule has 0 aliphatic carbocycles. The minimum absolute atomic E-state index is 0.104. The monoisotopic (exact) mass is 333 g/mol. The number of anilines is 1. The fourth-order valence-electron chi connectivity index (χ4n) is 2.23. The van der Waals surface area contributed by atoms with Crippen molar-refractivity contribution in [1.82, 2.24) is 15.1 Å². The van der Waals surface area contributed by atoms with Crippen LogP contribution in [0.5, 0.6) is 0 Å². The van der Waals surface area contributed by atoms with Crippen molar-refractivity contribution in [1.29, 1.82) is 0 Å². The molecule has 3 aromatic rings. The van der Waals surface area contributed by atoms with Gasteiger partial charge in [0.2, 0.25) is 10.0 Å². The molecule has 0 unspecified atom stereocenters. The van der Waals surface area contributed by atoms with Crippen molar-refractivity contribution in [3.8, 4) is 0 Å². The first-order valence-electron chi connectivity index (χ1n) is 6.88. The summed E-state index contributed by atoms with van der Waals surface area (Å²) >= 11 is 0. The fraction of sp³-hybridized carbons (Fsp3) is 0.214. The van der Waals surface area contributed by atoms with Gasteiger partial charge >= 0.3 is 0 Å². The van der Waals surface area contributed by atoms with Gasteiger partial charge in [0.25, 0.3) is 5.71 Å². The van der Waals surface area contributed by atoms with E-state index in [0.717, 1.165) is 16.6 Å². The number of sulfonamides is 1. The topological polar surface area (TPSA) is 124 Å². The summed E-state index contributed by atoms with van der Waals surface area (Å²) in [5.74, 6) is 0.662. The predicted molar refractivity (Wildman–Crippen MR) is 84.3 cm³/mol. The van der Waals surface area contributed by atoms with Gasteiger partial charge in [0, 0.05) is 6.54 Å². The first-order valence-corrected chi connectivity index (χ1v) is 8.42. The standard InChI is InChI=1S/C14H15N5O3S/c1-9-12-13(17-8-18-14(12)22-19-9)16-7-6-10-2-4-11(5-3-10)23(15,20)21/h2-5,8H,6-7H2,1H3,(H2,15,20,21)(H,16,17,18). The van der Waals surface area contributed by atoms with Crippen LogP contribution >= 0.6 is 0 Å². The van der Waals surface area contributed by atoms with E-state index in [-0.39, 0.29) is 4.90 Å². The van der Waals surface area contributed by atoms with Gasteiger partial charge in [-0.1, -0.05) is 17.3 Å². The highest BCUT2D eigenvalue weighted by atomic mass is 32.2. The van der Waals surface area contributed by atoms with Crippen LogP contribution in [0.1, 0.15) is 11.3 Å². The number of fused-ring (bicyclic) bond motifs is 1. The van der Waals surface area contributed by atoms with E-state index in [4.69, 9.17) is 9.66 Å². The molecule has 0 aliphatic rings. The Morgan fingerprint density at radius 2 is 1.96 bits per heavy atom. The Balaban J connectivity index is 1.68. The number of aromatic nitrogens is 3. The molecule has 0 bridgehead atoms. The number of nitrogens with one attached hydrogen (secondary N) is 1. The molecule has 8 nitrogen and oxygen atoms in total. The number of benzene rings is 1. The first kappa shape index (κ1) is 15.4. The first-order chi connectivity index (χ1) is 10.9. The Hall–Kier alpha value is -2.52. The molecule has 0 atom stereocenters. The smallest absolute Gasteiger partial charge is 0.263 e. The van der Waals surface area contributed by atoms with E-state index in [0.29, 0.717) is 24.5 Å². The van der Waals surface area contributed by atoms with Gasteiger partial charge in [-0.15, -0.1) is 0 Å². The van der Waals surface area contributed by atoms with Gasteiger partial charge in [-0.05, 0) is 31.0 Å². The van der Waals surface area contributed by atoms with Gasteiger partial charge < -0.3 is 9.84 Å². The highest BCUT2D eigenvalue weighted by molar-refractivity contribution is 7.89. The molecule has 0 aliphatic heterocycles. The summed E-state index contributed by atoms with van der Waals surface area (Å²) in [5, 5.41) is 12.9. The number of hydrogen-bond acceptors (Lipinski definition) is 7. The summed E-state index contributed by atoms with van der Waals surface area (Å²) in [5.41, 5.74) is 2.15. The molecule has 0 radical (unpaired) electrons. The number of rotatable bonds is 5. The Morgan fingerprint density at radius 3 is 2.65 bits per heavy atom. The van der Waals surface area contributed by atoms with Crippen molar-refractivity contribution in [3.63, 3.8) is 0 Å². The second kappa shape index (κ2) is 5.94. The number of aryl methyl sites for hydroxylation is 1. The Morgan fingerprint density at radius 1 is 1.22 bits per heavy atom. The van der Waals surface area contributed by atoms with Crippen LogP contribution in [0.4, 0.5) is 5.82 Å². The van der Waals surface area contributed by atoms with Crippen molar-refractivity contribution in [3.05, 3.63) is 41.9 Å². The maximum Gasteiger partial charge on any atom is 0.263 e. The van der Waals surface area contributed by atoms with Crippen LogP contribution in [-0.4, -0.2) is 30.1 Å². The Bertz CT molecular complexity index is 935. The van der Waals surface area contributed by atoms with Gasteiger partial charge in [0.15, 0.2) is 0 Å². The summed E-state index contributed by atoms with van der Waals surface area (Å²) in [6, 6.07) is 6.47. The maximum atomic E-state index is 11.2. The normalized spacial score (nSPS) is 11.7. The van der Waals surface area contributed by atoms with Crippen LogP contribution in [0.2, 0.25) is 0 Å². The van der Waals surface area contributed by atoms with Gasteiger partial charge in [-0.2, -0.15) is 4.98 Å². The lowest BCUT2D eigenvalue weighted by Gasteiger charge is -2.07. The average Bonchev–Trinajstić information content (AvgIpc) is 2.89. The molecular weight excluding hydrogens is 318 g/mol. The minimum Gasteiger partial charge on any atom is -0.369 e. The molecule has 3 N–H and O–H groups in total. The summed E-state index contributed by atoms with van der Waals surface area (Å²) in [6.45, 7) is 2.44. The van der Waals surface area contributed by atoms with Crippen molar-refractivity contribution in [2.24, 2.45) is 5.14 Å². The van der Waals surface area contributed by atoms with Gasteiger partial charge in [-0.25, -0.2) is 18.5 Å². The zero-order chi connectivity index (χ0) is 16.4. The summed E-state index contributed by atoms with van der Waals surface area (Å²) < 4.78 is 27.5. The molecule has 23 heavy (non-hydrogen) atoms. The maximum absolute atomic E-state index is 11.2. The zero-order valence-corrected chi connectivity index (χ0v) is 13.2. The third-order valence-electron chi connectivity index (χ3n) is 3.40. The van der Waals surface area contributed by atoms with Crippen LogP contribution in [0.3, 0.4) is 0 Å².